The molecule has 0 saturated carbocycles. The zero-order chi connectivity index (χ0) is 25.4. The first-order valence-electron chi connectivity index (χ1n) is 10.9. The molecule has 180 valence electrons. The van der Waals surface area contributed by atoms with Crippen molar-refractivity contribution in [2.24, 2.45) is 5.10 Å². The predicted octanol–water partition coefficient (Wildman–Crippen LogP) is 4.71. The van der Waals surface area contributed by atoms with Gasteiger partial charge in [0.1, 0.15) is 29.9 Å². The van der Waals surface area contributed by atoms with Gasteiger partial charge in [-0.15, -0.1) is 5.10 Å². The number of nitriles is 1. The van der Waals surface area contributed by atoms with Crippen molar-refractivity contribution in [3.63, 3.8) is 0 Å². The van der Waals surface area contributed by atoms with Crippen molar-refractivity contribution < 1.29 is 24.1 Å². The number of carbonyl (C=O) groups excluding carboxylic acids is 1. The van der Waals surface area contributed by atoms with Gasteiger partial charge in [-0.05, 0) is 53.9 Å². The van der Waals surface area contributed by atoms with Gasteiger partial charge < -0.3 is 19.3 Å². The summed E-state index contributed by atoms with van der Waals surface area (Å²) in [5.74, 6) is 1.05. The van der Waals surface area contributed by atoms with Gasteiger partial charge in [0, 0.05) is 16.7 Å². The molecule has 8 heteroatoms. The van der Waals surface area contributed by atoms with Crippen LogP contribution in [0.3, 0.4) is 0 Å². The molecule has 0 saturated heterocycles. The van der Waals surface area contributed by atoms with Crippen LogP contribution in [0.25, 0.3) is 0 Å². The summed E-state index contributed by atoms with van der Waals surface area (Å²) in [6.45, 7) is 4.27. The fraction of sp³-hybridized carbons (Fsp3) is 0.222. The molecule has 0 radical (unpaired) electrons. The number of amides is 1. The van der Waals surface area contributed by atoms with E-state index in [-0.39, 0.29) is 35.3 Å². The Morgan fingerprint density at radius 1 is 1.03 bits per heavy atom. The first-order valence-corrected chi connectivity index (χ1v) is 10.9. The van der Waals surface area contributed by atoms with Crippen LogP contribution in [0, 0.1) is 11.3 Å². The van der Waals surface area contributed by atoms with Crippen LogP contribution in [0.4, 0.5) is 0 Å². The minimum Gasteiger partial charge on any atom is -0.507 e. The van der Waals surface area contributed by atoms with Gasteiger partial charge in [0.05, 0.1) is 19.8 Å². The predicted molar refractivity (Wildman–Crippen MR) is 132 cm³/mol. The highest BCUT2D eigenvalue weighted by Crippen LogP contribution is 2.36. The highest BCUT2D eigenvalue weighted by atomic mass is 16.5. The Bertz CT molecular complexity index is 1240. The molecule has 0 heterocycles. The third-order valence-corrected chi connectivity index (χ3v) is 5.22. The van der Waals surface area contributed by atoms with Gasteiger partial charge >= 0.3 is 0 Å². The lowest BCUT2D eigenvalue weighted by atomic mass is 9.99. The number of nitrogens with zero attached hydrogens (tertiary/aromatic N) is 2. The number of hydrazone groups is 1. The topological polar surface area (TPSA) is 113 Å². The number of aromatic hydroxyl groups is 1. The van der Waals surface area contributed by atoms with Crippen LogP contribution in [0.5, 0.6) is 17.2 Å². The van der Waals surface area contributed by atoms with E-state index in [0.29, 0.717) is 17.1 Å². The summed E-state index contributed by atoms with van der Waals surface area (Å²) in [7, 11) is 3.22. The molecule has 35 heavy (non-hydrogen) atoms. The van der Waals surface area contributed by atoms with Crippen molar-refractivity contribution in [2.45, 2.75) is 26.4 Å². The summed E-state index contributed by atoms with van der Waals surface area (Å²) in [6, 6.07) is 18.7. The zero-order valence-electron chi connectivity index (χ0n) is 20.0. The van der Waals surface area contributed by atoms with Gasteiger partial charge in [-0.2, -0.15) is 5.26 Å². The van der Waals surface area contributed by atoms with Crippen molar-refractivity contribution in [2.75, 3.05) is 14.2 Å². The van der Waals surface area contributed by atoms with E-state index >= 15 is 0 Å². The first-order chi connectivity index (χ1) is 16.9. The van der Waals surface area contributed by atoms with Crippen LogP contribution in [0.15, 0.2) is 65.8 Å². The molecular weight excluding hydrogens is 446 g/mol. The molecule has 0 aliphatic carbocycles. The fourth-order valence-electron chi connectivity index (χ4n) is 3.49. The van der Waals surface area contributed by atoms with Gasteiger partial charge in [-0.25, -0.2) is 5.43 Å². The van der Waals surface area contributed by atoms with E-state index in [9.17, 15) is 9.90 Å². The molecule has 0 fully saturated rings. The van der Waals surface area contributed by atoms with Crippen LogP contribution in [0.1, 0.15) is 52.4 Å². The number of phenolic OH excluding ortho intramolecular Hbond substituents is 1. The van der Waals surface area contributed by atoms with Crippen LogP contribution in [0.2, 0.25) is 0 Å². The van der Waals surface area contributed by atoms with E-state index in [1.807, 2.05) is 48.5 Å². The fourth-order valence-corrected chi connectivity index (χ4v) is 3.49. The summed E-state index contributed by atoms with van der Waals surface area (Å²) < 4.78 is 17.1. The second-order valence-electron chi connectivity index (χ2n) is 7.93. The maximum absolute atomic E-state index is 12.6. The van der Waals surface area contributed by atoms with Crippen molar-refractivity contribution in [1.29, 1.82) is 5.26 Å². The molecule has 3 aromatic rings. The van der Waals surface area contributed by atoms with Crippen LogP contribution >= 0.6 is 0 Å². The highest BCUT2D eigenvalue weighted by Gasteiger charge is 2.17. The first kappa shape index (κ1) is 25.1. The minimum absolute atomic E-state index is 0.00565. The summed E-state index contributed by atoms with van der Waals surface area (Å²) in [5, 5.41) is 22.9. The van der Waals surface area contributed by atoms with Gasteiger partial charge in [0.15, 0.2) is 0 Å². The lowest BCUT2D eigenvalue weighted by Crippen LogP contribution is -2.21. The molecule has 0 aromatic heterocycles. The second-order valence-corrected chi connectivity index (χ2v) is 7.93. The van der Waals surface area contributed by atoms with Crippen LogP contribution < -0.4 is 14.9 Å². The Morgan fingerprint density at radius 2 is 1.69 bits per heavy atom. The number of carbonyl (C=O) groups is 1. The Morgan fingerprint density at radius 3 is 2.26 bits per heavy atom. The van der Waals surface area contributed by atoms with E-state index in [4.69, 9.17) is 19.5 Å². The molecule has 0 spiro atoms. The van der Waals surface area contributed by atoms with Crippen LogP contribution in [-0.2, 0) is 11.3 Å². The summed E-state index contributed by atoms with van der Waals surface area (Å²) in [5.41, 5.74) is 5.06. The maximum Gasteiger partial charge on any atom is 0.271 e. The van der Waals surface area contributed by atoms with Crippen molar-refractivity contribution >= 4 is 11.8 Å². The Kier molecular flexibility index (Phi) is 8.30. The highest BCUT2D eigenvalue weighted by molar-refractivity contribution is 5.98. The number of nitrogens with one attached hydrogen (secondary N) is 1. The monoisotopic (exact) mass is 473 g/mol. The van der Waals surface area contributed by atoms with Crippen LogP contribution in [-0.4, -0.2) is 31.1 Å². The number of phenols is 1. The maximum atomic E-state index is 12.6. The van der Waals surface area contributed by atoms with Crippen molar-refractivity contribution in [3.8, 4) is 23.3 Å². The average molecular weight is 474 g/mol. The van der Waals surface area contributed by atoms with Gasteiger partial charge in [0.25, 0.3) is 5.91 Å². The Balaban J connectivity index is 1.86. The molecular formula is C27H27N3O5. The second kappa shape index (κ2) is 11.6. The molecule has 0 atom stereocenters. The Labute approximate surface area is 204 Å². The lowest BCUT2D eigenvalue weighted by Gasteiger charge is -2.18. The summed E-state index contributed by atoms with van der Waals surface area (Å²) >= 11 is 0. The molecule has 3 rings (SSSR count). The third kappa shape index (κ3) is 6.09. The SMILES string of the molecule is COc1cc(COC(=NNC(=O)c2ccc(O)c(C#N)c2)c2ccccc2)cc(OC)c1C(C)C. The molecule has 3 aromatic carbocycles. The number of benzene rings is 3. The number of ether oxygens (including phenoxy) is 3. The number of methoxy groups -OCH3 is 2. The number of rotatable bonds is 8. The number of hydrogen-bond donors (Lipinski definition) is 2. The summed E-state index contributed by atoms with van der Waals surface area (Å²) in [4.78, 5) is 12.6. The summed E-state index contributed by atoms with van der Waals surface area (Å²) in [6.07, 6.45) is 0. The molecule has 8 nitrogen and oxygen atoms in total. The van der Waals surface area contributed by atoms with E-state index in [0.717, 1.165) is 11.1 Å². The lowest BCUT2D eigenvalue weighted by molar-refractivity contribution is 0.0953. The normalized spacial score (nSPS) is 11.0. The molecule has 2 N–H and O–H groups in total. The van der Waals surface area contributed by atoms with E-state index in [1.54, 1.807) is 14.2 Å². The molecule has 0 aliphatic heterocycles. The zero-order valence-corrected chi connectivity index (χ0v) is 20.0. The average Bonchev–Trinajstić information content (AvgIpc) is 2.88. The van der Waals surface area contributed by atoms with Gasteiger partial charge in [-0.1, -0.05) is 32.0 Å². The minimum atomic E-state index is -0.553. The number of hydrogen-bond acceptors (Lipinski definition) is 7. The Hall–Kier alpha value is -4.51. The quantitative estimate of drug-likeness (QED) is 0.278. The van der Waals surface area contributed by atoms with Gasteiger partial charge in [-0.3, -0.25) is 4.79 Å². The molecule has 0 bridgehead atoms. The van der Waals surface area contributed by atoms with E-state index < -0.39 is 5.91 Å². The van der Waals surface area contributed by atoms with Gasteiger partial charge in [0.2, 0.25) is 5.90 Å². The third-order valence-electron chi connectivity index (χ3n) is 5.22. The van der Waals surface area contributed by atoms with Crippen molar-refractivity contribution in [1.82, 2.24) is 5.43 Å². The van der Waals surface area contributed by atoms with Crippen molar-refractivity contribution in [3.05, 3.63) is 88.5 Å². The van der Waals surface area contributed by atoms with E-state index in [1.165, 1.54) is 18.2 Å². The van der Waals surface area contributed by atoms with E-state index in [2.05, 4.69) is 24.4 Å². The largest absolute Gasteiger partial charge is 0.507 e. The molecule has 1 amide bonds. The smallest absolute Gasteiger partial charge is 0.271 e. The molecule has 0 unspecified atom stereocenters. The molecule has 0 aliphatic rings. The standard InChI is InChI=1S/C27H27N3O5/c1-17(2)25-23(33-3)12-18(13-24(25)34-4)16-35-27(19-8-6-5-7-9-19)30-29-26(32)20-10-11-22(31)21(14-20)15-28/h5-14,17,31H,16H2,1-4H3,(H,29,32).